The van der Waals surface area contributed by atoms with E-state index in [-0.39, 0.29) is 5.91 Å². The maximum Gasteiger partial charge on any atom is 0.255 e. The molecule has 1 atom stereocenters. The van der Waals surface area contributed by atoms with E-state index < -0.39 is 0 Å². The van der Waals surface area contributed by atoms with Gasteiger partial charge in [0.1, 0.15) is 12.4 Å². The average molecular weight is 456 g/mol. The van der Waals surface area contributed by atoms with Gasteiger partial charge in [-0.15, -0.1) is 0 Å². The van der Waals surface area contributed by atoms with Crippen LogP contribution in [0.15, 0.2) is 72.8 Å². The summed E-state index contributed by atoms with van der Waals surface area (Å²) in [6, 6.07) is 24.3. The summed E-state index contributed by atoms with van der Waals surface area (Å²) in [5.74, 6) is 0.658. The van der Waals surface area contributed by atoms with Crippen molar-refractivity contribution in [2.24, 2.45) is 0 Å². The minimum absolute atomic E-state index is 0.0958. The van der Waals surface area contributed by atoms with Crippen molar-refractivity contribution in [2.45, 2.75) is 31.9 Å². The van der Waals surface area contributed by atoms with Crippen LogP contribution in [-0.4, -0.2) is 48.9 Å². The van der Waals surface area contributed by atoms with E-state index in [2.05, 4.69) is 34.3 Å². The third-order valence-electron chi connectivity index (χ3n) is 7.03. The van der Waals surface area contributed by atoms with E-state index >= 15 is 0 Å². The molecule has 5 heteroatoms. The average Bonchev–Trinajstić information content (AvgIpc) is 2.88. The van der Waals surface area contributed by atoms with Gasteiger partial charge in [-0.3, -0.25) is 9.69 Å². The Bertz CT molecular complexity index is 1110. The van der Waals surface area contributed by atoms with Crippen molar-refractivity contribution >= 4 is 11.6 Å². The van der Waals surface area contributed by atoms with E-state index in [0.29, 0.717) is 18.2 Å². The van der Waals surface area contributed by atoms with Crippen molar-refractivity contribution in [3.63, 3.8) is 0 Å². The smallest absolute Gasteiger partial charge is 0.255 e. The van der Waals surface area contributed by atoms with E-state index in [0.717, 1.165) is 49.6 Å². The highest BCUT2D eigenvalue weighted by Gasteiger charge is 2.28. The lowest BCUT2D eigenvalue weighted by atomic mass is 9.86. The van der Waals surface area contributed by atoms with Crippen molar-refractivity contribution in [3.05, 3.63) is 95.1 Å². The number of amides is 1. The summed E-state index contributed by atoms with van der Waals surface area (Å²) in [5.41, 5.74) is 5.42. The normalized spacial score (nSPS) is 18.8. The van der Waals surface area contributed by atoms with Crippen LogP contribution < -0.4 is 10.1 Å². The molecule has 0 bridgehead atoms. The number of hydrogen-bond donors (Lipinski definition) is 1. The number of benzene rings is 3. The number of carbonyl (C=O) groups excluding carboxylic acids is 1. The Labute approximate surface area is 202 Å². The molecule has 2 aliphatic rings. The predicted molar refractivity (Wildman–Crippen MR) is 136 cm³/mol. The zero-order valence-corrected chi connectivity index (χ0v) is 19.9. The largest absolute Gasteiger partial charge is 0.489 e. The van der Waals surface area contributed by atoms with Crippen LogP contribution in [0.2, 0.25) is 0 Å². The fourth-order valence-corrected chi connectivity index (χ4v) is 5.01. The first kappa shape index (κ1) is 22.6. The second kappa shape index (κ2) is 10.4. The van der Waals surface area contributed by atoms with Gasteiger partial charge in [-0.05, 0) is 79.4 Å². The highest BCUT2D eigenvalue weighted by molar-refractivity contribution is 6.04. The lowest BCUT2D eigenvalue weighted by Crippen LogP contribution is -2.46. The number of hydrogen-bond acceptors (Lipinski definition) is 4. The molecule has 1 amide bonds. The van der Waals surface area contributed by atoms with Gasteiger partial charge in [-0.2, -0.15) is 0 Å². The number of piperazine rings is 1. The first-order chi connectivity index (χ1) is 16.7. The van der Waals surface area contributed by atoms with Crippen LogP contribution >= 0.6 is 0 Å². The number of aryl methyl sites for hydroxylation is 1. The van der Waals surface area contributed by atoms with Crippen molar-refractivity contribution in [1.82, 2.24) is 9.80 Å². The third-order valence-corrected chi connectivity index (χ3v) is 7.03. The second-order valence-electron chi connectivity index (χ2n) is 9.41. The molecule has 1 heterocycles. The first-order valence-corrected chi connectivity index (χ1v) is 12.3. The number of carbonyl (C=O) groups is 1. The van der Waals surface area contributed by atoms with Gasteiger partial charge in [0, 0.05) is 43.5 Å². The van der Waals surface area contributed by atoms with Crippen LogP contribution in [0.3, 0.4) is 0 Å². The molecule has 5 rings (SSSR count). The number of nitrogens with zero attached hydrogens (tertiary/aromatic N) is 2. The standard InChI is InChI=1S/C29H33N3O2/c1-31-16-18-32(19-17-31)28-9-5-8-23-10-13-25(20-27(23)28)30-29(33)24-11-14-26(15-12-24)34-21-22-6-3-2-4-7-22/h2-4,6-7,10-15,20,28H,5,8-9,16-19,21H2,1H3,(H,30,33). The van der Waals surface area contributed by atoms with Crippen molar-refractivity contribution in [2.75, 3.05) is 38.5 Å². The molecular formula is C29H33N3O2. The molecule has 1 fully saturated rings. The highest BCUT2D eigenvalue weighted by Crippen LogP contribution is 2.36. The molecule has 1 unspecified atom stereocenters. The molecule has 1 aliphatic carbocycles. The van der Waals surface area contributed by atoms with Gasteiger partial charge < -0.3 is 15.0 Å². The van der Waals surface area contributed by atoms with Gasteiger partial charge in [0.25, 0.3) is 5.91 Å². The second-order valence-corrected chi connectivity index (χ2v) is 9.41. The molecule has 0 aromatic heterocycles. The maximum atomic E-state index is 12.9. The monoisotopic (exact) mass is 455 g/mol. The summed E-state index contributed by atoms with van der Waals surface area (Å²) < 4.78 is 5.84. The Balaban J connectivity index is 1.24. The SMILES string of the molecule is CN1CCN(C2CCCc3ccc(NC(=O)c4ccc(OCc5ccccc5)cc4)cc32)CC1. The van der Waals surface area contributed by atoms with Crippen LogP contribution in [0.4, 0.5) is 5.69 Å². The molecule has 1 saturated heterocycles. The van der Waals surface area contributed by atoms with Crippen LogP contribution in [0.5, 0.6) is 5.75 Å². The summed E-state index contributed by atoms with van der Waals surface area (Å²) in [7, 11) is 2.20. The van der Waals surface area contributed by atoms with E-state index in [1.54, 1.807) is 0 Å². The lowest BCUT2D eigenvalue weighted by Gasteiger charge is -2.40. The molecule has 5 nitrogen and oxygen atoms in total. The Morgan fingerprint density at radius 2 is 1.74 bits per heavy atom. The van der Waals surface area contributed by atoms with Crippen molar-refractivity contribution < 1.29 is 9.53 Å². The van der Waals surface area contributed by atoms with Crippen LogP contribution in [0, 0.1) is 0 Å². The predicted octanol–water partition coefficient (Wildman–Crippen LogP) is 5.14. The van der Waals surface area contributed by atoms with E-state index in [1.165, 1.54) is 24.0 Å². The molecule has 3 aromatic carbocycles. The number of likely N-dealkylation sites (N-methyl/N-ethyl adjacent to an activating group) is 1. The highest BCUT2D eigenvalue weighted by atomic mass is 16.5. The Hall–Kier alpha value is -3.15. The maximum absolute atomic E-state index is 12.9. The van der Waals surface area contributed by atoms with Gasteiger partial charge in [-0.25, -0.2) is 0 Å². The summed E-state index contributed by atoms with van der Waals surface area (Å²) in [6.07, 6.45) is 3.55. The van der Waals surface area contributed by atoms with Crippen molar-refractivity contribution in [1.29, 1.82) is 0 Å². The van der Waals surface area contributed by atoms with Gasteiger partial charge in [-0.1, -0.05) is 36.4 Å². The van der Waals surface area contributed by atoms with Gasteiger partial charge in [0.15, 0.2) is 0 Å². The summed E-state index contributed by atoms with van der Waals surface area (Å²) in [4.78, 5) is 17.9. The zero-order chi connectivity index (χ0) is 23.3. The van der Waals surface area contributed by atoms with E-state index in [1.807, 2.05) is 60.7 Å². The lowest BCUT2D eigenvalue weighted by molar-refractivity contribution is 0.102. The number of fused-ring (bicyclic) bond motifs is 1. The Kier molecular flexibility index (Phi) is 6.93. The third kappa shape index (κ3) is 5.32. The molecule has 176 valence electrons. The Morgan fingerprint density at radius 1 is 0.971 bits per heavy atom. The van der Waals surface area contributed by atoms with E-state index in [4.69, 9.17) is 4.74 Å². The molecule has 0 saturated carbocycles. The summed E-state index contributed by atoms with van der Waals surface area (Å²) in [5, 5.41) is 3.11. The van der Waals surface area contributed by atoms with Crippen LogP contribution in [0.1, 0.15) is 45.9 Å². The van der Waals surface area contributed by atoms with Gasteiger partial charge in [0.05, 0.1) is 0 Å². The molecular weight excluding hydrogens is 422 g/mol. The van der Waals surface area contributed by atoms with Crippen molar-refractivity contribution in [3.8, 4) is 5.75 Å². The molecule has 3 aromatic rings. The summed E-state index contributed by atoms with van der Waals surface area (Å²) >= 11 is 0. The number of anilines is 1. The molecule has 0 spiro atoms. The number of rotatable bonds is 6. The fraction of sp³-hybridized carbons (Fsp3) is 0.345. The minimum atomic E-state index is -0.0958. The number of nitrogens with one attached hydrogen (secondary N) is 1. The van der Waals surface area contributed by atoms with Crippen LogP contribution in [0.25, 0.3) is 0 Å². The van der Waals surface area contributed by atoms with E-state index in [9.17, 15) is 4.79 Å². The molecule has 34 heavy (non-hydrogen) atoms. The van der Waals surface area contributed by atoms with Gasteiger partial charge in [0.2, 0.25) is 0 Å². The van der Waals surface area contributed by atoms with Crippen LogP contribution in [-0.2, 0) is 13.0 Å². The fourth-order valence-electron chi connectivity index (χ4n) is 5.01. The Morgan fingerprint density at radius 3 is 2.50 bits per heavy atom. The molecule has 1 N–H and O–H groups in total. The number of ether oxygens (including phenoxy) is 1. The topological polar surface area (TPSA) is 44.8 Å². The molecule has 0 radical (unpaired) electrons. The molecule has 1 aliphatic heterocycles. The van der Waals surface area contributed by atoms with Gasteiger partial charge >= 0.3 is 0 Å². The summed E-state index contributed by atoms with van der Waals surface area (Å²) in [6.45, 7) is 4.96. The minimum Gasteiger partial charge on any atom is -0.489 e. The first-order valence-electron chi connectivity index (χ1n) is 12.3. The zero-order valence-electron chi connectivity index (χ0n) is 19.9. The quantitative estimate of drug-likeness (QED) is 0.559.